The van der Waals surface area contributed by atoms with E-state index in [-0.39, 0.29) is 5.91 Å². The quantitative estimate of drug-likeness (QED) is 0.299. The molecule has 0 bridgehead atoms. The summed E-state index contributed by atoms with van der Waals surface area (Å²) in [5.74, 6) is -0.618. The maximum atomic E-state index is 13.6. The third-order valence-corrected chi connectivity index (χ3v) is 6.73. The van der Waals surface area contributed by atoms with Gasteiger partial charge < -0.3 is 4.57 Å². The number of aromatic nitrogens is 1. The van der Waals surface area contributed by atoms with E-state index in [2.05, 4.69) is 40.4 Å². The van der Waals surface area contributed by atoms with Crippen molar-refractivity contribution in [1.82, 2.24) is 4.57 Å². The Morgan fingerprint density at radius 2 is 1.50 bits per heavy atom. The molecule has 32 heavy (non-hydrogen) atoms. The van der Waals surface area contributed by atoms with Crippen molar-refractivity contribution in [3.05, 3.63) is 126 Å². The zero-order valence-electron chi connectivity index (χ0n) is 17.5. The summed E-state index contributed by atoms with van der Waals surface area (Å²) < 4.78 is 3.21. The number of allylic oxidation sites excluding steroid dienone is 1. The summed E-state index contributed by atoms with van der Waals surface area (Å²) in [4.78, 5) is 19.0. The molecule has 0 radical (unpaired) electrons. The van der Waals surface area contributed by atoms with Gasteiger partial charge in [-0.1, -0.05) is 108 Å². The molecule has 156 valence electrons. The Kier molecular flexibility index (Phi) is 5.53. The Hall–Kier alpha value is -3.76. The van der Waals surface area contributed by atoms with Gasteiger partial charge in [0.25, 0.3) is 5.91 Å². The average Bonchev–Trinajstić information content (AvgIpc) is 3.18. The summed E-state index contributed by atoms with van der Waals surface area (Å²) in [5.41, 5.74) is 2.94. The molecule has 4 aromatic carbocycles. The van der Waals surface area contributed by atoms with Crippen LogP contribution in [0.3, 0.4) is 0 Å². The highest BCUT2D eigenvalue weighted by molar-refractivity contribution is 7.17. The molecule has 0 atom stereocenters. The Morgan fingerprint density at radius 3 is 2.16 bits per heavy atom. The van der Waals surface area contributed by atoms with E-state index in [9.17, 15) is 4.79 Å². The van der Waals surface area contributed by atoms with Crippen LogP contribution >= 0.6 is 11.3 Å². The first kappa shape index (κ1) is 20.2. The Bertz CT molecular complexity index is 1440. The number of rotatable bonds is 5. The van der Waals surface area contributed by atoms with E-state index in [1.165, 1.54) is 10.8 Å². The number of benzene rings is 4. The van der Waals surface area contributed by atoms with Gasteiger partial charge in [-0.05, 0) is 22.6 Å². The molecule has 0 aliphatic carbocycles. The van der Waals surface area contributed by atoms with Crippen molar-refractivity contribution in [2.24, 2.45) is 4.99 Å². The smallest absolute Gasteiger partial charge is 0.260 e. The van der Waals surface area contributed by atoms with Crippen molar-refractivity contribution in [3.8, 4) is 0 Å². The molecule has 0 saturated heterocycles. The zero-order valence-corrected chi connectivity index (χ0v) is 18.3. The first-order chi connectivity index (χ1) is 15.8. The number of fused-ring (bicyclic) bond motifs is 3. The summed E-state index contributed by atoms with van der Waals surface area (Å²) in [6.07, 6.45) is 1.84. The molecule has 5 aromatic rings. The van der Waals surface area contributed by atoms with E-state index in [0.29, 0.717) is 11.3 Å². The lowest BCUT2D eigenvalue weighted by Gasteiger charge is -2.14. The van der Waals surface area contributed by atoms with Crippen LogP contribution < -0.4 is 4.80 Å². The molecule has 4 heteroatoms. The first-order valence-electron chi connectivity index (χ1n) is 10.6. The van der Waals surface area contributed by atoms with Gasteiger partial charge in [0.05, 0.1) is 16.1 Å². The fourth-order valence-electron chi connectivity index (χ4n) is 4.12. The number of carbonyl (C=O) groups is 1. The molecule has 3 nitrogen and oxygen atoms in total. The van der Waals surface area contributed by atoms with Crippen LogP contribution in [0.2, 0.25) is 0 Å². The molecule has 0 N–H and O–H groups in total. The van der Waals surface area contributed by atoms with E-state index >= 15 is 0 Å². The van der Waals surface area contributed by atoms with Gasteiger partial charge in [-0.15, -0.1) is 6.58 Å². The Balaban J connectivity index is 1.71. The van der Waals surface area contributed by atoms with Crippen LogP contribution in [0.15, 0.2) is 115 Å². The van der Waals surface area contributed by atoms with Crippen LogP contribution in [0.5, 0.6) is 0 Å². The summed E-state index contributed by atoms with van der Waals surface area (Å²) in [7, 11) is 0. The largest absolute Gasteiger partial charge is 0.312 e. The van der Waals surface area contributed by atoms with Crippen LogP contribution in [0, 0.1) is 0 Å². The minimum atomic E-state index is -0.448. The topological polar surface area (TPSA) is 34.4 Å². The molecular formula is C28H22N2OS. The summed E-state index contributed by atoms with van der Waals surface area (Å²) in [5, 5.41) is 2.35. The van der Waals surface area contributed by atoms with E-state index in [1.54, 1.807) is 11.3 Å². The van der Waals surface area contributed by atoms with Gasteiger partial charge in [-0.2, -0.15) is 4.99 Å². The molecule has 0 saturated carbocycles. The standard InChI is InChI=1S/C28H22N2OS/c1-2-19-30-24-18-17-20-11-9-10-16-23(20)26(24)32-28(30)29-27(31)25(21-12-5-3-6-13-21)22-14-7-4-8-15-22/h2-18,25H,1,19H2. The predicted molar refractivity (Wildman–Crippen MR) is 133 cm³/mol. The molecule has 0 spiro atoms. The van der Waals surface area contributed by atoms with Gasteiger partial charge in [0, 0.05) is 11.9 Å². The summed E-state index contributed by atoms with van der Waals surface area (Å²) >= 11 is 1.56. The monoisotopic (exact) mass is 434 g/mol. The maximum Gasteiger partial charge on any atom is 0.260 e. The number of thiazole rings is 1. The number of carbonyl (C=O) groups excluding carboxylic acids is 1. The number of hydrogen-bond donors (Lipinski definition) is 0. The minimum absolute atomic E-state index is 0.170. The molecule has 1 heterocycles. The highest BCUT2D eigenvalue weighted by Crippen LogP contribution is 2.29. The van der Waals surface area contributed by atoms with Crippen LogP contribution in [-0.2, 0) is 11.3 Å². The predicted octanol–water partition coefficient (Wildman–Crippen LogP) is 6.30. The molecule has 1 aromatic heterocycles. The van der Waals surface area contributed by atoms with Crippen molar-refractivity contribution >= 4 is 38.2 Å². The maximum absolute atomic E-state index is 13.6. The van der Waals surface area contributed by atoms with E-state index in [0.717, 1.165) is 21.3 Å². The molecule has 0 aliphatic rings. The molecule has 5 rings (SSSR count). The van der Waals surface area contributed by atoms with Crippen LogP contribution in [0.4, 0.5) is 0 Å². The van der Waals surface area contributed by atoms with Crippen molar-refractivity contribution in [3.63, 3.8) is 0 Å². The second kappa shape index (κ2) is 8.77. The highest BCUT2D eigenvalue weighted by atomic mass is 32.1. The minimum Gasteiger partial charge on any atom is -0.312 e. The molecule has 1 amide bonds. The van der Waals surface area contributed by atoms with Crippen LogP contribution in [0.25, 0.3) is 21.0 Å². The van der Waals surface area contributed by atoms with Gasteiger partial charge in [0.2, 0.25) is 0 Å². The van der Waals surface area contributed by atoms with Gasteiger partial charge in [0.1, 0.15) is 0 Å². The highest BCUT2D eigenvalue weighted by Gasteiger charge is 2.22. The third kappa shape index (κ3) is 3.70. The van der Waals surface area contributed by atoms with Crippen LogP contribution in [-0.4, -0.2) is 10.5 Å². The average molecular weight is 435 g/mol. The number of amides is 1. The van der Waals surface area contributed by atoms with E-state index in [4.69, 9.17) is 0 Å². The van der Waals surface area contributed by atoms with E-state index < -0.39 is 5.92 Å². The summed E-state index contributed by atoms with van der Waals surface area (Å²) in [6.45, 7) is 4.50. The Morgan fingerprint density at radius 1 is 0.875 bits per heavy atom. The SMILES string of the molecule is C=CCn1c(=NC(=O)C(c2ccccc2)c2ccccc2)sc2c3ccccc3ccc21. The third-order valence-electron chi connectivity index (χ3n) is 5.60. The first-order valence-corrected chi connectivity index (χ1v) is 11.4. The fraction of sp³-hybridized carbons (Fsp3) is 0.0714. The van der Waals surface area contributed by atoms with E-state index in [1.807, 2.05) is 78.9 Å². The molecule has 0 fully saturated rings. The zero-order chi connectivity index (χ0) is 21.9. The molecule has 0 aliphatic heterocycles. The molecule has 0 unspecified atom stereocenters. The normalized spacial score (nSPS) is 12.0. The van der Waals surface area contributed by atoms with Gasteiger partial charge in [-0.25, -0.2) is 0 Å². The lowest BCUT2D eigenvalue weighted by atomic mass is 9.91. The van der Waals surface area contributed by atoms with Crippen LogP contribution in [0.1, 0.15) is 17.0 Å². The van der Waals surface area contributed by atoms with Crippen molar-refractivity contribution in [2.45, 2.75) is 12.5 Å². The lowest BCUT2D eigenvalue weighted by Crippen LogP contribution is -2.20. The number of nitrogens with zero attached hydrogens (tertiary/aromatic N) is 2. The second-order valence-corrected chi connectivity index (χ2v) is 8.60. The number of hydrogen-bond acceptors (Lipinski definition) is 2. The van der Waals surface area contributed by atoms with Gasteiger partial charge in [-0.3, -0.25) is 4.79 Å². The van der Waals surface area contributed by atoms with Gasteiger partial charge >= 0.3 is 0 Å². The van der Waals surface area contributed by atoms with Crippen molar-refractivity contribution < 1.29 is 4.79 Å². The fourth-order valence-corrected chi connectivity index (χ4v) is 5.30. The lowest BCUT2D eigenvalue weighted by molar-refractivity contribution is -0.118. The summed E-state index contributed by atoms with van der Waals surface area (Å²) in [6, 6.07) is 32.2. The Labute approximate surface area is 190 Å². The van der Waals surface area contributed by atoms with Crippen molar-refractivity contribution in [2.75, 3.05) is 0 Å². The molecular weight excluding hydrogens is 412 g/mol. The van der Waals surface area contributed by atoms with Gasteiger partial charge in [0.15, 0.2) is 4.80 Å². The van der Waals surface area contributed by atoms with Crippen molar-refractivity contribution in [1.29, 1.82) is 0 Å². The second-order valence-electron chi connectivity index (χ2n) is 7.62.